The summed E-state index contributed by atoms with van der Waals surface area (Å²) in [7, 11) is -6.09. The highest BCUT2D eigenvalue weighted by Gasteiger charge is 2.36. The smallest absolute Gasteiger partial charge is 0.485 e. The van der Waals surface area contributed by atoms with E-state index in [2.05, 4.69) is 91.0 Å². The molecule has 5 rings (SSSR count). The number of halogens is 3. The van der Waals surface area contributed by atoms with Crippen molar-refractivity contribution in [2.75, 3.05) is 0 Å². The van der Waals surface area contributed by atoms with Crippen LogP contribution in [0.3, 0.4) is 0 Å². The largest absolute Gasteiger partial charge is 0.741 e. The summed E-state index contributed by atoms with van der Waals surface area (Å²) in [5, 5.41) is 2.44. The number of hydrogen-bond acceptors (Lipinski definition) is 3. The van der Waals surface area contributed by atoms with Gasteiger partial charge in [0.1, 0.15) is 0 Å². The van der Waals surface area contributed by atoms with Crippen LogP contribution in [0, 0.1) is 0 Å². The Morgan fingerprint density at radius 2 is 1.03 bits per heavy atom. The van der Waals surface area contributed by atoms with E-state index < -0.39 is 15.6 Å². The third-order valence-electron chi connectivity index (χ3n) is 5.28. The predicted molar refractivity (Wildman–Crippen MR) is 133 cm³/mol. The molecule has 36 heavy (non-hydrogen) atoms. The molecule has 0 aliphatic rings. The molecule has 4 nitrogen and oxygen atoms in total. The van der Waals surface area contributed by atoms with Crippen molar-refractivity contribution in [3.05, 3.63) is 115 Å². The third-order valence-corrected chi connectivity index (χ3v) is 5.84. The first-order valence-electron chi connectivity index (χ1n) is 10.7. The number of fused-ring (bicyclic) bond motifs is 1. The van der Waals surface area contributed by atoms with E-state index in [0.717, 1.165) is 28.2 Å². The van der Waals surface area contributed by atoms with Crippen LogP contribution in [-0.2, 0) is 10.1 Å². The Morgan fingerprint density at radius 3 is 1.58 bits per heavy atom. The molecule has 0 aliphatic carbocycles. The molecule has 0 radical (unpaired) electrons. The van der Waals surface area contributed by atoms with Gasteiger partial charge < -0.3 is 4.55 Å². The van der Waals surface area contributed by atoms with Gasteiger partial charge in [-0.1, -0.05) is 78.9 Å². The summed E-state index contributed by atoms with van der Waals surface area (Å²) in [6.45, 7) is 0. The van der Waals surface area contributed by atoms with Crippen molar-refractivity contribution in [3.8, 4) is 33.8 Å². The molecule has 8 heteroatoms. The van der Waals surface area contributed by atoms with Crippen LogP contribution >= 0.6 is 0 Å². The Labute approximate surface area is 206 Å². The molecule has 1 heterocycles. The van der Waals surface area contributed by atoms with Crippen LogP contribution in [0.2, 0.25) is 0 Å². The first kappa shape index (κ1) is 25.1. The van der Waals surface area contributed by atoms with Gasteiger partial charge in [0.05, 0.1) is 23.3 Å². The first-order valence-corrected chi connectivity index (χ1v) is 12.1. The topological polar surface area (TPSA) is 68.5 Å². The van der Waals surface area contributed by atoms with Crippen molar-refractivity contribution in [1.29, 1.82) is 0 Å². The van der Waals surface area contributed by atoms with E-state index in [0.29, 0.717) is 0 Å². The van der Waals surface area contributed by atoms with Crippen molar-refractivity contribution < 1.29 is 30.6 Å². The van der Waals surface area contributed by atoms with Gasteiger partial charge in [0.25, 0.3) is 0 Å². The van der Waals surface area contributed by atoms with Crippen molar-refractivity contribution in [2.45, 2.75) is 5.51 Å². The van der Waals surface area contributed by atoms with Gasteiger partial charge in [-0.05, 0) is 40.6 Å². The molecule has 0 amide bonds. The molecule has 182 valence electrons. The van der Waals surface area contributed by atoms with Gasteiger partial charge in [0, 0.05) is 5.56 Å². The number of benzene rings is 4. The minimum Gasteiger partial charge on any atom is -0.741 e. The van der Waals surface area contributed by atoms with Crippen molar-refractivity contribution in [1.82, 2.24) is 0 Å². The molecule has 1 aromatic heterocycles. The number of rotatable bonds is 3. The molecule has 0 bridgehead atoms. The Hall–Kier alpha value is -4.01. The van der Waals surface area contributed by atoms with Crippen LogP contribution in [0.15, 0.2) is 120 Å². The van der Waals surface area contributed by atoms with E-state index in [-0.39, 0.29) is 0 Å². The molecule has 0 spiro atoms. The fourth-order valence-electron chi connectivity index (χ4n) is 3.53. The quantitative estimate of drug-likeness (QED) is 0.142. The van der Waals surface area contributed by atoms with E-state index in [4.69, 9.17) is 17.4 Å². The molecular weight excluding hydrogens is 489 g/mol. The van der Waals surface area contributed by atoms with Crippen LogP contribution in [0.25, 0.3) is 44.5 Å². The van der Waals surface area contributed by atoms with E-state index in [1.54, 1.807) is 0 Å². The Morgan fingerprint density at radius 1 is 0.556 bits per heavy atom. The van der Waals surface area contributed by atoms with Crippen LogP contribution in [0.1, 0.15) is 0 Å². The van der Waals surface area contributed by atoms with Gasteiger partial charge in [-0.25, -0.2) is 12.8 Å². The molecule has 0 aliphatic heterocycles. The van der Waals surface area contributed by atoms with Gasteiger partial charge in [-0.2, -0.15) is 13.2 Å². The molecule has 0 fully saturated rings. The molecule has 4 aromatic carbocycles. The zero-order valence-corrected chi connectivity index (χ0v) is 19.5. The first-order chi connectivity index (χ1) is 17.1. The lowest BCUT2D eigenvalue weighted by Gasteiger charge is -2.08. The van der Waals surface area contributed by atoms with E-state index in [9.17, 15) is 13.2 Å². The lowest BCUT2D eigenvalue weighted by molar-refractivity contribution is -0.0517. The summed E-state index contributed by atoms with van der Waals surface area (Å²) in [6.07, 6.45) is 0. The van der Waals surface area contributed by atoms with Crippen molar-refractivity contribution in [2.24, 2.45) is 0 Å². The molecule has 0 atom stereocenters. The Balaban J connectivity index is 0.000000331. The molecule has 0 saturated heterocycles. The summed E-state index contributed by atoms with van der Waals surface area (Å²) < 4.78 is 65.3. The highest BCUT2D eigenvalue weighted by atomic mass is 32.2. The molecule has 0 N–H and O–H groups in total. The Bertz CT molecular complexity index is 1530. The van der Waals surface area contributed by atoms with Gasteiger partial charge in [0.2, 0.25) is 0 Å². The summed E-state index contributed by atoms with van der Waals surface area (Å²) >= 11 is 0. The van der Waals surface area contributed by atoms with E-state index in [1.807, 2.05) is 24.3 Å². The maximum Gasteiger partial charge on any atom is 0.485 e. The predicted octanol–water partition coefficient (Wildman–Crippen LogP) is 7.77. The minimum atomic E-state index is -6.09. The number of alkyl halides is 3. The normalized spacial score (nSPS) is 11.6. The van der Waals surface area contributed by atoms with Gasteiger partial charge in [-0.3, -0.25) is 0 Å². The second-order valence-corrected chi connectivity index (χ2v) is 9.14. The lowest BCUT2D eigenvalue weighted by atomic mass is 10.0. The summed E-state index contributed by atoms with van der Waals surface area (Å²) in [4.78, 5) is 0. The zero-order chi connectivity index (χ0) is 25.8. The fraction of sp³-hybridized carbons (Fsp3) is 0.0357. The van der Waals surface area contributed by atoms with E-state index in [1.165, 1.54) is 16.3 Å². The van der Waals surface area contributed by atoms with Crippen molar-refractivity contribution >= 4 is 20.9 Å². The van der Waals surface area contributed by atoms with Crippen LogP contribution in [0.5, 0.6) is 0 Å². The fourth-order valence-corrected chi connectivity index (χ4v) is 3.53. The van der Waals surface area contributed by atoms with Crippen LogP contribution in [0.4, 0.5) is 13.2 Å². The Kier molecular flexibility index (Phi) is 7.19. The third kappa shape index (κ3) is 5.97. The zero-order valence-electron chi connectivity index (χ0n) is 18.6. The summed E-state index contributed by atoms with van der Waals surface area (Å²) in [6, 6.07) is 39.8. The van der Waals surface area contributed by atoms with Crippen molar-refractivity contribution in [3.63, 3.8) is 0 Å². The summed E-state index contributed by atoms with van der Waals surface area (Å²) in [5.74, 6) is 1.73. The molecule has 0 saturated carbocycles. The molecule has 5 aromatic rings. The number of hydrogen-bond donors (Lipinski definition) is 0. The van der Waals surface area contributed by atoms with Gasteiger partial charge >= 0.3 is 17.0 Å². The maximum atomic E-state index is 10.7. The van der Waals surface area contributed by atoms with Crippen LogP contribution in [-0.4, -0.2) is 18.5 Å². The summed E-state index contributed by atoms with van der Waals surface area (Å²) in [5.41, 5.74) is -1.17. The standard InChI is InChI=1S/C27H19O.CHF3O3S/c1-3-9-20(10-4-1)25-18-26(22-12-5-2-6-13-22)28-27(19-25)24-16-15-21-11-7-8-14-23(21)17-24;2-1(3,4)8(5,6)7/h1-19H;(H,5,6,7)/q+1;/p-1. The average Bonchev–Trinajstić information content (AvgIpc) is 2.88. The maximum absolute atomic E-state index is 10.7. The average molecular weight is 509 g/mol. The van der Waals surface area contributed by atoms with Gasteiger partial charge in [0.15, 0.2) is 10.1 Å². The van der Waals surface area contributed by atoms with E-state index >= 15 is 0 Å². The minimum absolute atomic E-state index is 0.866. The molecule has 0 unspecified atom stereocenters. The SMILES string of the molecule is O=S(=O)([O-])C(F)(F)F.c1ccc(-c2cc(-c3ccccc3)[o+]c(-c3ccc4ccccc4c3)c2)cc1. The monoisotopic (exact) mass is 508 g/mol. The second kappa shape index (κ2) is 10.3. The lowest BCUT2D eigenvalue weighted by Crippen LogP contribution is -2.21. The highest BCUT2D eigenvalue weighted by molar-refractivity contribution is 7.86. The van der Waals surface area contributed by atoms with Gasteiger partial charge in [-0.15, -0.1) is 0 Å². The highest BCUT2D eigenvalue weighted by Crippen LogP contribution is 2.34. The second-order valence-electron chi connectivity index (χ2n) is 7.77. The van der Waals surface area contributed by atoms with Crippen LogP contribution < -0.4 is 0 Å². The molecular formula is C28H19F3O4S.